The molecule has 0 radical (unpaired) electrons. The second-order valence-corrected chi connectivity index (χ2v) is 5.22. The van der Waals surface area contributed by atoms with Gasteiger partial charge in [-0.3, -0.25) is 4.99 Å². The molecular weight excluding hydrogens is 218 g/mol. The Bertz CT molecular complexity index is 271. The van der Waals surface area contributed by atoms with E-state index in [4.69, 9.17) is 10.5 Å². The summed E-state index contributed by atoms with van der Waals surface area (Å²) in [6, 6.07) is 0. The van der Waals surface area contributed by atoms with Gasteiger partial charge in [0.15, 0.2) is 5.96 Å². The van der Waals surface area contributed by atoms with Crippen LogP contribution in [0, 0.1) is 5.92 Å². The van der Waals surface area contributed by atoms with Crippen LogP contribution >= 0.6 is 0 Å². The molecule has 5 nitrogen and oxygen atoms in total. The third kappa shape index (κ3) is 3.85. The zero-order chi connectivity index (χ0) is 12.1. The summed E-state index contributed by atoms with van der Waals surface area (Å²) in [7, 11) is 0. The smallest absolute Gasteiger partial charge is 0.188 e. The summed E-state index contributed by atoms with van der Waals surface area (Å²) in [6.07, 6.45) is 5.21. The van der Waals surface area contributed by atoms with E-state index in [2.05, 4.69) is 10.3 Å². The van der Waals surface area contributed by atoms with Gasteiger partial charge in [-0.15, -0.1) is 0 Å². The van der Waals surface area contributed by atoms with Crippen LogP contribution in [0.15, 0.2) is 4.99 Å². The highest BCUT2D eigenvalue weighted by molar-refractivity contribution is 5.77. The summed E-state index contributed by atoms with van der Waals surface area (Å²) in [5.74, 6) is 1.21. The van der Waals surface area contributed by atoms with Crippen molar-refractivity contribution < 1.29 is 9.84 Å². The first-order chi connectivity index (χ1) is 8.18. The molecule has 1 saturated carbocycles. The molecule has 1 aliphatic heterocycles. The van der Waals surface area contributed by atoms with Crippen LogP contribution in [0.2, 0.25) is 0 Å². The van der Waals surface area contributed by atoms with Crippen molar-refractivity contribution in [3.63, 3.8) is 0 Å². The lowest BCUT2D eigenvalue weighted by Crippen LogP contribution is -2.42. The fraction of sp³-hybridized carbons (Fsp3) is 0.917. The molecule has 1 aliphatic carbocycles. The van der Waals surface area contributed by atoms with Crippen molar-refractivity contribution in [2.75, 3.05) is 26.3 Å². The van der Waals surface area contributed by atoms with Crippen molar-refractivity contribution in [3.8, 4) is 0 Å². The maximum atomic E-state index is 10.2. The Morgan fingerprint density at radius 1 is 1.41 bits per heavy atom. The minimum Gasteiger partial charge on any atom is -0.388 e. The van der Waals surface area contributed by atoms with Gasteiger partial charge in [0.05, 0.1) is 12.1 Å². The van der Waals surface area contributed by atoms with Crippen LogP contribution in [0.4, 0.5) is 0 Å². The lowest BCUT2D eigenvalue weighted by molar-refractivity contribution is -0.0565. The maximum absolute atomic E-state index is 10.2. The van der Waals surface area contributed by atoms with E-state index in [9.17, 15) is 5.11 Å². The van der Waals surface area contributed by atoms with Crippen LogP contribution in [0.3, 0.4) is 0 Å². The van der Waals surface area contributed by atoms with E-state index in [1.54, 1.807) is 0 Å². The number of aliphatic imine (C=N–C) groups is 1. The Morgan fingerprint density at radius 2 is 2.12 bits per heavy atom. The first-order valence-electron chi connectivity index (χ1n) is 6.52. The lowest BCUT2D eigenvalue weighted by atomic mass is 9.85. The molecule has 0 aromatic carbocycles. The standard InChI is InChI=1S/C12H23N3O2/c13-11(14-8-10-2-1-3-10)15-9-12(16)4-6-17-7-5-12/h10,16H,1-9H2,(H3,13,14,15). The molecule has 0 spiro atoms. The molecule has 4 N–H and O–H groups in total. The van der Waals surface area contributed by atoms with E-state index in [0.717, 1.165) is 12.5 Å². The van der Waals surface area contributed by atoms with Crippen LogP contribution < -0.4 is 11.1 Å². The molecule has 1 heterocycles. The summed E-state index contributed by atoms with van der Waals surface area (Å²) >= 11 is 0. The number of rotatable bonds is 4. The van der Waals surface area contributed by atoms with Crippen molar-refractivity contribution in [2.24, 2.45) is 16.6 Å². The van der Waals surface area contributed by atoms with Crippen LogP contribution in [-0.2, 0) is 4.74 Å². The largest absolute Gasteiger partial charge is 0.388 e. The van der Waals surface area contributed by atoms with Crippen LogP contribution in [0.25, 0.3) is 0 Å². The molecule has 1 saturated heterocycles. The Balaban J connectivity index is 1.69. The first kappa shape index (κ1) is 12.6. The molecule has 2 rings (SSSR count). The number of aliphatic hydroxyl groups is 1. The highest BCUT2D eigenvalue weighted by Gasteiger charge is 2.29. The molecule has 0 atom stereocenters. The summed E-state index contributed by atoms with van der Waals surface area (Å²) in [4.78, 5) is 4.23. The zero-order valence-electron chi connectivity index (χ0n) is 10.3. The third-order valence-electron chi connectivity index (χ3n) is 3.76. The van der Waals surface area contributed by atoms with Gasteiger partial charge in [-0.25, -0.2) is 0 Å². The number of nitrogens with zero attached hydrogens (tertiary/aromatic N) is 1. The summed E-state index contributed by atoms with van der Waals surface area (Å²) in [6.45, 7) is 2.51. The fourth-order valence-electron chi connectivity index (χ4n) is 2.14. The molecule has 5 heteroatoms. The van der Waals surface area contributed by atoms with E-state index >= 15 is 0 Å². The monoisotopic (exact) mass is 241 g/mol. The van der Waals surface area contributed by atoms with Gasteiger partial charge in [0.2, 0.25) is 0 Å². The quantitative estimate of drug-likeness (QED) is 0.486. The van der Waals surface area contributed by atoms with Crippen LogP contribution in [0.5, 0.6) is 0 Å². The fourth-order valence-corrected chi connectivity index (χ4v) is 2.14. The highest BCUT2D eigenvalue weighted by Crippen LogP contribution is 2.25. The normalized spacial score (nSPS) is 25.4. The predicted molar refractivity (Wildman–Crippen MR) is 66.8 cm³/mol. The third-order valence-corrected chi connectivity index (χ3v) is 3.76. The van der Waals surface area contributed by atoms with Crippen molar-refractivity contribution in [1.82, 2.24) is 5.32 Å². The van der Waals surface area contributed by atoms with E-state index in [1.807, 2.05) is 0 Å². The average Bonchev–Trinajstić information content (AvgIpc) is 2.26. The number of ether oxygens (including phenoxy) is 1. The van der Waals surface area contributed by atoms with Gasteiger partial charge in [0.25, 0.3) is 0 Å². The Morgan fingerprint density at radius 3 is 2.71 bits per heavy atom. The van der Waals surface area contributed by atoms with Gasteiger partial charge in [0, 0.05) is 32.6 Å². The topological polar surface area (TPSA) is 79.9 Å². The molecular formula is C12H23N3O2. The van der Waals surface area contributed by atoms with Gasteiger partial charge in [0.1, 0.15) is 0 Å². The number of hydrogen-bond donors (Lipinski definition) is 3. The molecule has 0 unspecified atom stereocenters. The van der Waals surface area contributed by atoms with E-state index in [1.165, 1.54) is 19.3 Å². The van der Waals surface area contributed by atoms with E-state index in [-0.39, 0.29) is 0 Å². The van der Waals surface area contributed by atoms with Gasteiger partial charge in [-0.2, -0.15) is 0 Å². The average molecular weight is 241 g/mol. The molecule has 0 bridgehead atoms. The summed E-state index contributed by atoms with van der Waals surface area (Å²) < 4.78 is 5.22. The Labute approximate surface area is 102 Å². The van der Waals surface area contributed by atoms with Gasteiger partial charge >= 0.3 is 0 Å². The van der Waals surface area contributed by atoms with E-state index < -0.39 is 5.60 Å². The Hall–Kier alpha value is -0.810. The lowest BCUT2D eigenvalue weighted by Gasteiger charge is -2.30. The SMILES string of the molecule is NC(=NCC1(O)CCOCC1)NCC1CCC1. The number of nitrogens with one attached hydrogen (secondary N) is 1. The molecule has 17 heavy (non-hydrogen) atoms. The van der Waals surface area contributed by atoms with Crippen molar-refractivity contribution >= 4 is 5.96 Å². The van der Waals surface area contributed by atoms with Gasteiger partial charge in [-0.1, -0.05) is 6.42 Å². The maximum Gasteiger partial charge on any atom is 0.188 e. The van der Waals surface area contributed by atoms with Crippen LogP contribution in [0.1, 0.15) is 32.1 Å². The van der Waals surface area contributed by atoms with E-state index in [0.29, 0.717) is 38.6 Å². The minimum absolute atomic E-state index is 0.375. The molecule has 98 valence electrons. The van der Waals surface area contributed by atoms with Gasteiger partial charge in [-0.05, 0) is 18.8 Å². The van der Waals surface area contributed by atoms with Crippen molar-refractivity contribution in [1.29, 1.82) is 0 Å². The predicted octanol–water partition coefficient (Wildman–Crippen LogP) is 0.232. The minimum atomic E-state index is -0.721. The number of guanidine groups is 1. The molecule has 2 fully saturated rings. The number of nitrogens with two attached hydrogens (primary N) is 1. The number of hydrogen-bond acceptors (Lipinski definition) is 3. The second kappa shape index (κ2) is 5.69. The second-order valence-electron chi connectivity index (χ2n) is 5.22. The molecule has 2 aliphatic rings. The van der Waals surface area contributed by atoms with Crippen LogP contribution in [-0.4, -0.2) is 43.0 Å². The van der Waals surface area contributed by atoms with Crippen molar-refractivity contribution in [3.05, 3.63) is 0 Å². The van der Waals surface area contributed by atoms with Gasteiger partial charge < -0.3 is 20.9 Å². The highest BCUT2D eigenvalue weighted by atomic mass is 16.5. The molecule has 0 aromatic heterocycles. The van der Waals surface area contributed by atoms with Crippen molar-refractivity contribution in [2.45, 2.75) is 37.7 Å². The summed E-state index contributed by atoms with van der Waals surface area (Å²) in [5, 5.41) is 13.3. The zero-order valence-corrected chi connectivity index (χ0v) is 10.3. The Kier molecular flexibility index (Phi) is 4.23. The molecule has 0 aromatic rings. The first-order valence-corrected chi connectivity index (χ1v) is 6.52. The molecule has 0 amide bonds. The summed E-state index contributed by atoms with van der Waals surface area (Å²) in [5.41, 5.74) is 5.05.